The van der Waals surface area contributed by atoms with Crippen molar-refractivity contribution < 1.29 is 19.2 Å². The maximum atomic E-state index is 12.5. The van der Waals surface area contributed by atoms with Gasteiger partial charge in [0.05, 0.1) is 11.1 Å². The molecule has 3 aromatic rings. The normalized spacial score (nSPS) is 11.4. The van der Waals surface area contributed by atoms with Crippen LogP contribution in [0.4, 0.5) is 0 Å². The predicted octanol–water partition coefficient (Wildman–Crippen LogP) is 3.64. The van der Waals surface area contributed by atoms with Crippen LogP contribution in [0.5, 0.6) is 5.75 Å². The van der Waals surface area contributed by atoms with E-state index in [9.17, 15) is 9.59 Å². The number of benzene rings is 2. The van der Waals surface area contributed by atoms with E-state index in [4.69, 9.17) is 9.57 Å². The van der Waals surface area contributed by atoms with Crippen molar-refractivity contribution in [3.05, 3.63) is 59.8 Å². The summed E-state index contributed by atoms with van der Waals surface area (Å²) in [4.78, 5) is 32.8. The van der Waals surface area contributed by atoms with Gasteiger partial charge in [-0.15, -0.1) is 5.10 Å². The number of ether oxygens (including phenoxy) is 1. The van der Waals surface area contributed by atoms with Crippen LogP contribution >= 0.6 is 0 Å². The van der Waals surface area contributed by atoms with Crippen LogP contribution in [-0.4, -0.2) is 40.8 Å². The van der Waals surface area contributed by atoms with Gasteiger partial charge in [-0.2, -0.15) is 0 Å². The third kappa shape index (κ3) is 5.63. The van der Waals surface area contributed by atoms with E-state index in [1.54, 1.807) is 45.8 Å². The number of amides is 1. The highest BCUT2D eigenvalue weighted by Gasteiger charge is 2.26. The van der Waals surface area contributed by atoms with Gasteiger partial charge in [-0.1, -0.05) is 35.2 Å². The summed E-state index contributed by atoms with van der Waals surface area (Å²) in [5.74, 6) is 0.251. The van der Waals surface area contributed by atoms with Crippen molar-refractivity contribution in [1.82, 2.24) is 14.8 Å². The van der Waals surface area contributed by atoms with Crippen molar-refractivity contribution in [3.63, 3.8) is 0 Å². The summed E-state index contributed by atoms with van der Waals surface area (Å²) in [5.41, 5.74) is 1.69. The highest BCUT2D eigenvalue weighted by Crippen LogP contribution is 2.26. The van der Waals surface area contributed by atoms with Gasteiger partial charge in [0, 0.05) is 38.4 Å². The molecule has 0 N–H and O–H groups in total. The van der Waals surface area contributed by atoms with Crippen LogP contribution in [0.2, 0.25) is 0 Å². The van der Waals surface area contributed by atoms with Crippen LogP contribution in [-0.2, 0) is 22.6 Å². The molecule has 0 aliphatic heterocycles. The molecule has 0 saturated carbocycles. The number of fused-ring (bicyclic) bond motifs is 1. The Morgan fingerprint density at radius 2 is 1.77 bits per heavy atom. The van der Waals surface area contributed by atoms with Gasteiger partial charge in [-0.3, -0.25) is 4.79 Å². The van der Waals surface area contributed by atoms with Crippen molar-refractivity contribution in [2.45, 2.75) is 40.2 Å². The number of aromatic nitrogens is 2. The molecule has 0 radical (unpaired) electrons. The lowest BCUT2D eigenvalue weighted by atomic mass is 9.98. The van der Waals surface area contributed by atoms with Crippen molar-refractivity contribution in [1.29, 1.82) is 0 Å². The second-order valence-electron chi connectivity index (χ2n) is 8.69. The van der Waals surface area contributed by atoms with Gasteiger partial charge in [-0.25, -0.2) is 4.79 Å². The predicted molar refractivity (Wildman–Crippen MR) is 119 cm³/mol. The molecule has 0 saturated heterocycles. The monoisotopic (exact) mass is 423 g/mol. The fourth-order valence-electron chi connectivity index (χ4n) is 2.88. The van der Waals surface area contributed by atoms with Crippen molar-refractivity contribution >= 4 is 22.8 Å². The van der Waals surface area contributed by atoms with Gasteiger partial charge < -0.3 is 14.5 Å². The van der Waals surface area contributed by atoms with Gasteiger partial charge in [-0.05, 0) is 38.5 Å². The average molecular weight is 424 g/mol. The van der Waals surface area contributed by atoms with Crippen molar-refractivity contribution in [3.8, 4) is 5.75 Å². The highest BCUT2D eigenvalue weighted by atomic mass is 16.7. The van der Waals surface area contributed by atoms with E-state index in [0.29, 0.717) is 36.4 Å². The Hall–Kier alpha value is -3.35. The van der Waals surface area contributed by atoms with Gasteiger partial charge >= 0.3 is 5.97 Å². The van der Waals surface area contributed by atoms with Crippen LogP contribution in [0, 0.1) is 5.41 Å². The lowest BCUT2D eigenvalue weighted by Crippen LogP contribution is -2.32. The van der Waals surface area contributed by atoms with Crippen molar-refractivity contribution in [2.75, 3.05) is 14.1 Å². The number of carbonyl (C=O) groups excluding carboxylic acids is 2. The molecular weight excluding hydrogens is 394 g/mol. The van der Waals surface area contributed by atoms with E-state index < -0.39 is 11.4 Å². The number of carbonyl (C=O) groups is 2. The second-order valence-corrected chi connectivity index (χ2v) is 8.69. The van der Waals surface area contributed by atoms with Crippen molar-refractivity contribution in [2.24, 2.45) is 5.41 Å². The zero-order valence-electron chi connectivity index (χ0n) is 18.7. The third-order valence-electron chi connectivity index (χ3n) is 4.80. The van der Waals surface area contributed by atoms with Crippen LogP contribution in [0.3, 0.4) is 0 Å². The molecule has 0 spiro atoms. The lowest BCUT2D eigenvalue weighted by molar-refractivity contribution is -0.154. The topological polar surface area (TPSA) is 73.7 Å². The Kier molecular flexibility index (Phi) is 6.63. The quantitative estimate of drug-likeness (QED) is 0.580. The van der Waals surface area contributed by atoms with E-state index in [1.807, 2.05) is 42.5 Å². The Labute approximate surface area is 182 Å². The number of rotatable bonds is 7. The Morgan fingerprint density at radius 1 is 1.06 bits per heavy atom. The maximum Gasteiger partial charge on any atom is 0.340 e. The first-order chi connectivity index (χ1) is 14.6. The summed E-state index contributed by atoms with van der Waals surface area (Å²) in [7, 11) is 3.45. The van der Waals surface area contributed by atoms with Gasteiger partial charge in [0.2, 0.25) is 5.91 Å². The first-order valence-corrected chi connectivity index (χ1v) is 10.3. The summed E-state index contributed by atoms with van der Waals surface area (Å²) >= 11 is 0. The molecule has 164 valence electrons. The van der Waals surface area contributed by atoms with Crippen LogP contribution < -0.4 is 9.57 Å². The molecule has 1 heterocycles. The molecule has 7 heteroatoms. The van der Waals surface area contributed by atoms with Crippen LogP contribution in [0.15, 0.2) is 48.5 Å². The zero-order valence-corrected chi connectivity index (χ0v) is 18.7. The minimum Gasteiger partial charge on any atom is -0.489 e. The summed E-state index contributed by atoms with van der Waals surface area (Å²) in [5, 5.41) is 5.30. The van der Waals surface area contributed by atoms with E-state index in [-0.39, 0.29) is 5.91 Å². The molecule has 2 aromatic carbocycles. The SMILES string of the molecule is CN(C)C(=O)CCc1nn(OC(=O)C(C)(C)C)c2cc(OCc3ccccc3)ccc12. The minimum absolute atomic E-state index is 0.0113. The lowest BCUT2D eigenvalue weighted by Gasteiger charge is -2.15. The third-order valence-corrected chi connectivity index (χ3v) is 4.80. The molecule has 0 aliphatic carbocycles. The van der Waals surface area contributed by atoms with Gasteiger partial charge in [0.15, 0.2) is 0 Å². The molecule has 0 atom stereocenters. The van der Waals surface area contributed by atoms with Gasteiger partial charge in [0.1, 0.15) is 17.9 Å². The molecule has 0 bridgehead atoms. The first kappa shape index (κ1) is 22.3. The summed E-state index contributed by atoms with van der Waals surface area (Å²) in [6, 6.07) is 15.4. The summed E-state index contributed by atoms with van der Waals surface area (Å²) in [6.07, 6.45) is 0.760. The molecule has 0 unspecified atom stereocenters. The fourth-order valence-corrected chi connectivity index (χ4v) is 2.88. The van der Waals surface area contributed by atoms with E-state index in [0.717, 1.165) is 10.9 Å². The average Bonchev–Trinajstić information content (AvgIpc) is 3.07. The smallest absolute Gasteiger partial charge is 0.340 e. The summed E-state index contributed by atoms with van der Waals surface area (Å²) < 4.78 is 5.92. The number of nitrogens with zero attached hydrogens (tertiary/aromatic N) is 3. The fraction of sp³-hybridized carbons (Fsp3) is 0.375. The highest BCUT2D eigenvalue weighted by molar-refractivity contribution is 5.85. The van der Waals surface area contributed by atoms with Crippen LogP contribution in [0.25, 0.3) is 10.9 Å². The minimum atomic E-state index is -0.680. The number of aryl methyl sites for hydroxylation is 1. The van der Waals surface area contributed by atoms with E-state index in [1.165, 1.54) is 4.85 Å². The first-order valence-electron chi connectivity index (χ1n) is 10.3. The molecule has 1 aromatic heterocycles. The number of hydrogen-bond acceptors (Lipinski definition) is 5. The van der Waals surface area contributed by atoms with Crippen LogP contribution in [0.1, 0.15) is 38.4 Å². The molecule has 7 nitrogen and oxygen atoms in total. The molecule has 31 heavy (non-hydrogen) atoms. The second kappa shape index (κ2) is 9.20. The molecule has 1 amide bonds. The molecule has 3 rings (SSSR count). The molecular formula is C24H29N3O4. The Bertz CT molecular complexity index is 1070. The zero-order chi connectivity index (χ0) is 22.6. The Balaban J connectivity index is 1.89. The Morgan fingerprint density at radius 3 is 2.42 bits per heavy atom. The summed E-state index contributed by atoms with van der Waals surface area (Å²) in [6.45, 7) is 5.77. The molecule has 0 aliphatic rings. The van der Waals surface area contributed by atoms with E-state index in [2.05, 4.69) is 5.10 Å². The van der Waals surface area contributed by atoms with Gasteiger partial charge in [0.25, 0.3) is 0 Å². The maximum absolute atomic E-state index is 12.5. The molecule has 0 fully saturated rings. The largest absolute Gasteiger partial charge is 0.489 e. The number of hydrogen-bond donors (Lipinski definition) is 0. The standard InChI is InChI=1S/C24H29N3O4/c1-24(2,3)23(29)31-27-21-15-18(30-16-17-9-7-6-8-10-17)11-12-19(21)20(25-27)13-14-22(28)26(4)5/h6-12,15H,13-14,16H2,1-5H3. The van der Waals surface area contributed by atoms with E-state index >= 15 is 0 Å².